The van der Waals surface area contributed by atoms with Gasteiger partial charge < -0.3 is 14.8 Å². The van der Waals surface area contributed by atoms with Crippen LogP contribution >= 0.6 is 0 Å². The zero-order chi connectivity index (χ0) is 24.2. The minimum Gasteiger partial charge on any atom is -0.497 e. The van der Waals surface area contributed by atoms with Gasteiger partial charge in [-0.15, -0.1) is 0 Å². The molecule has 1 saturated carbocycles. The molecule has 0 unspecified atom stereocenters. The lowest BCUT2D eigenvalue weighted by Gasteiger charge is -2.17. The standard InChI is InChI=1S/C24H23F3N4O3/c1-33-18-4-5-21(20(12-18)24(25,26)27)34-19-3-2-17(29-15-19)14-30-22(32)23(8-9-23)31-13-16-6-10-28-11-7-16/h2-7,10-12,15,31H,8-9,13-14H2,1H3,(H,30,32). The Morgan fingerprint density at radius 3 is 2.41 bits per heavy atom. The summed E-state index contributed by atoms with van der Waals surface area (Å²) < 4.78 is 50.4. The normalized spacial score (nSPS) is 14.4. The Bertz CT molecular complexity index is 1130. The highest BCUT2D eigenvalue weighted by atomic mass is 19.4. The molecule has 178 valence electrons. The zero-order valence-corrected chi connectivity index (χ0v) is 18.4. The van der Waals surface area contributed by atoms with Crippen LogP contribution in [0.25, 0.3) is 0 Å². The van der Waals surface area contributed by atoms with Crippen LogP contribution in [0.2, 0.25) is 0 Å². The number of benzene rings is 1. The van der Waals surface area contributed by atoms with Crippen LogP contribution in [0.1, 0.15) is 29.7 Å². The number of hydrogen-bond acceptors (Lipinski definition) is 6. The molecule has 2 N–H and O–H groups in total. The summed E-state index contributed by atoms with van der Waals surface area (Å²) in [5.74, 6) is -0.250. The van der Waals surface area contributed by atoms with Gasteiger partial charge in [-0.1, -0.05) is 0 Å². The number of alkyl halides is 3. The van der Waals surface area contributed by atoms with Crippen LogP contribution in [0.5, 0.6) is 17.2 Å². The molecule has 7 nitrogen and oxygen atoms in total. The second-order valence-electron chi connectivity index (χ2n) is 7.92. The third-order valence-electron chi connectivity index (χ3n) is 5.51. The molecule has 1 aliphatic rings. The van der Waals surface area contributed by atoms with Gasteiger partial charge in [-0.05, 0) is 60.9 Å². The molecule has 1 amide bonds. The smallest absolute Gasteiger partial charge is 0.420 e. The van der Waals surface area contributed by atoms with Crippen molar-refractivity contribution in [3.63, 3.8) is 0 Å². The molecule has 0 atom stereocenters. The predicted molar refractivity (Wildman–Crippen MR) is 117 cm³/mol. The van der Waals surface area contributed by atoms with E-state index >= 15 is 0 Å². The van der Waals surface area contributed by atoms with Gasteiger partial charge >= 0.3 is 6.18 Å². The quantitative estimate of drug-likeness (QED) is 0.485. The molecule has 0 spiro atoms. The average Bonchev–Trinajstić information content (AvgIpc) is 3.64. The zero-order valence-electron chi connectivity index (χ0n) is 18.4. The summed E-state index contributed by atoms with van der Waals surface area (Å²) in [5, 5.41) is 6.17. The van der Waals surface area contributed by atoms with E-state index in [1.807, 2.05) is 12.1 Å². The molecular weight excluding hydrogens is 449 g/mol. The second-order valence-corrected chi connectivity index (χ2v) is 7.92. The van der Waals surface area contributed by atoms with Crippen molar-refractivity contribution in [2.24, 2.45) is 0 Å². The summed E-state index contributed by atoms with van der Waals surface area (Å²) >= 11 is 0. The molecule has 0 saturated heterocycles. The lowest BCUT2D eigenvalue weighted by molar-refractivity contribution is -0.138. The number of rotatable bonds is 9. The molecule has 4 rings (SSSR count). The van der Waals surface area contributed by atoms with Gasteiger partial charge in [0.15, 0.2) is 0 Å². The highest BCUT2D eigenvalue weighted by Crippen LogP contribution is 2.40. The molecule has 2 aromatic heterocycles. The maximum Gasteiger partial charge on any atom is 0.420 e. The van der Waals surface area contributed by atoms with E-state index in [4.69, 9.17) is 9.47 Å². The summed E-state index contributed by atoms with van der Waals surface area (Å²) in [6.07, 6.45) is 1.61. The van der Waals surface area contributed by atoms with E-state index in [2.05, 4.69) is 20.6 Å². The van der Waals surface area contributed by atoms with E-state index in [1.165, 1.54) is 31.5 Å². The van der Waals surface area contributed by atoms with E-state index < -0.39 is 17.3 Å². The first-order chi connectivity index (χ1) is 16.3. The van der Waals surface area contributed by atoms with Gasteiger partial charge in [0.2, 0.25) is 5.91 Å². The van der Waals surface area contributed by atoms with Crippen molar-refractivity contribution in [2.75, 3.05) is 7.11 Å². The van der Waals surface area contributed by atoms with Crippen LogP contribution in [0.4, 0.5) is 13.2 Å². The summed E-state index contributed by atoms with van der Waals surface area (Å²) in [5.41, 5.74) is 0.0553. The second kappa shape index (κ2) is 9.68. The molecule has 0 bridgehead atoms. The van der Waals surface area contributed by atoms with Crippen molar-refractivity contribution in [1.82, 2.24) is 20.6 Å². The molecular formula is C24H23F3N4O3. The maximum atomic E-state index is 13.4. The van der Waals surface area contributed by atoms with Crippen LogP contribution in [-0.2, 0) is 24.1 Å². The molecule has 1 aromatic carbocycles. The Morgan fingerprint density at radius 1 is 1.06 bits per heavy atom. The number of methoxy groups -OCH3 is 1. The predicted octanol–water partition coefficient (Wildman–Crippen LogP) is 4.23. The van der Waals surface area contributed by atoms with Crippen LogP contribution in [-0.4, -0.2) is 28.5 Å². The fourth-order valence-corrected chi connectivity index (χ4v) is 3.37. The van der Waals surface area contributed by atoms with Crippen molar-refractivity contribution in [2.45, 2.75) is 37.6 Å². The maximum absolute atomic E-state index is 13.4. The minimum atomic E-state index is -4.61. The first-order valence-corrected chi connectivity index (χ1v) is 10.6. The molecule has 0 radical (unpaired) electrons. The topological polar surface area (TPSA) is 85.4 Å². The van der Waals surface area contributed by atoms with Gasteiger partial charge in [-0.25, -0.2) is 0 Å². The van der Waals surface area contributed by atoms with Gasteiger partial charge in [0.05, 0.1) is 31.1 Å². The molecule has 1 aliphatic carbocycles. The molecule has 0 aliphatic heterocycles. The number of carbonyl (C=O) groups excluding carboxylic acids is 1. The molecule has 2 heterocycles. The third-order valence-corrected chi connectivity index (χ3v) is 5.51. The van der Waals surface area contributed by atoms with Crippen LogP contribution in [0, 0.1) is 0 Å². The van der Waals surface area contributed by atoms with E-state index in [0.29, 0.717) is 12.2 Å². The molecule has 3 aromatic rings. The first-order valence-electron chi connectivity index (χ1n) is 10.6. The number of carbonyl (C=O) groups is 1. The summed E-state index contributed by atoms with van der Waals surface area (Å²) in [7, 11) is 1.29. The number of pyridine rings is 2. The van der Waals surface area contributed by atoms with Crippen LogP contribution in [0.3, 0.4) is 0 Å². The van der Waals surface area contributed by atoms with Crippen LogP contribution < -0.4 is 20.1 Å². The average molecular weight is 472 g/mol. The van der Waals surface area contributed by atoms with Gasteiger partial charge in [0.25, 0.3) is 0 Å². The van der Waals surface area contributed by atoms with E-state index in [9.17, 15) is 18.0 Å². The fourth-order valence-electron chi connectivity index (χ4n) is 3.37. The Kier molecular flexibility index (Phi) is 6.69. The van der Waals surface area contributed by atoms with Gasteiger partial charge in [0, 0.05) is 18.9 Å². The fraction of sp³-hybridized carbons (Fsp3) is 0.292. The van der Waals surface area contributed by atoms with Crippen molar-refractivity contribution >= 4 is 5.91 Å². The van der Waals surface area contributed by atoms with Crippen molar-refractivity contribution in [1.29, 1.82) is 0 Å². The monoisotopic (exact) mass is 472 g/mol. The number of nitrogens with zero attached hydrogens (tertiary/aromatic N) is 2. The van der Waals surface area contributed by atoms with Crippen molar-refractivity contribution in [3.05, 3.63) is 77.9 Å². The number of hydrogen-bond donors (Lipinski definition) is 2. The van der Waals surface area contributed by atoms with Gasteiger partial charge in [-0.3, -0.25) is 20.1 Å². The first kappa shape index (κ1) is 23.5. The number of aromatic nitrogens is 2. The Hall–Kier alpha value is -3.66. The lowest BCUT2D eigenvalue weighted by atomic mass is 10.2. The highest BCUT2D eigenvalue weighted by Gasteiger charge is 2.49. The van der Waals surface area contributed by atoms with Gasteiger partial charge in [0.1, 0.15) is 22.8 Å². The lowest BCUT2D eigenvalue weighted by Crippen LogP contribution is -2.46. The van der Waals surface area contributed by atoms with E-state index in [-0.39, 0.29) is 29.7 Å². The molecule has 34 heavy (non-hydrogen) atoms. The number of amides is 1. The summed E-state index contributed by atoms with van der Waals surface area (Å²) in [6.45, 7) is 0.750. The summed E-state index contributed by atoms with van der Waals surface area (Å²) in [4.78, 5) is 20.8. The minimum absolute atomic E-state index is 0.0765. The van der Waals surface area contributed by atoms with E-state index in [0.717, 1.165) is 24.5 Å². The number of halogens is 3. The summed E-state index contributed by atoms with van der Waals surface area (Å²) in [6, 6.07) is 10.3. The Labute approximate surface area is 194 Å². The highest BCUT2D eigenvalue weighted by molar-refractivity contribution is 5.89. The SMILES string of the molecule is COc1ccc(Oc2ccc(CNC(=O)C3(NCc4ccncc4)CC3)nc2)c(C(F)(F)F)c1. The molecule has 10 heteroatoms. The molecule has 1 fully saturated rings. The largest absolute Gasteiger partial charge is 0.497 e. The Balaban J connectivity index is 1.33. The van der Waals surface area contributed by atoms with Gasteiger partial charge in [-0.2, -0.15) is 13.2 Å². The third kappa shape index (κ3) is 5.63. The number of nitrogens with one attached hydrogen (secondary N) is 2. The van der Waals surface area contributed by atoms with Crippen LogP contribution in [0.15, 0.2) is 61.1 Å². The van der Waals surface area contributed by atoms with E-state index in [1.54, 1.807) is 18.5 Å². The van der Waals surface area contributed by atoms with Crippen molar-refractivity contribution < 1.29 is 27.4 Å². The Morgan fingerprint density at radius 2 is 1.79 bits per heavy atom. The van der Waals surface area contributed by atoms with Crippen molar-refractivity contribution in [3.8, 4) is 17.2 Å². The number of ether oxygens (including phenoxy) is 2.